The van der Waals surface area contributed by atoms with E-state index < -0.39 is 5.66 Å². The Kier molecular flexibility index (Phi) is 6.04. The van der Waals surface area contributed by atoms with Crippen molar-refractivity contribution in [1.29, 1.82) is 0 Å². The summed E-state index contributed by atoms with van der Waals surface area (Å²) in [5.74, 6) is 2.75. The monoisotopic (exact) mass is 417 g/mol. The van der Waals surface area contributed by atoms with Crippen molar-refractivity contribution in [1.82, 2.24) is 10.3 Å². The van der Waals surface area contributed by atoms with E-state index >= 15 is 0 Å². The number of aliphatic imine (C=N–C) groups is 1. The lowest BCUT2D eigenvalue weighted by molar-refractivity contribution is 0.383. The SMILES string of the molecule is COc1cc(CC2(N)NC(=NCCc3ccccc3)Nc3ncccc32)cc(OC)c1. The second-order valence-electron chi connectivity index (χ2n) is 7.48. The van der Waals surface area contributed by atoms with Crippen molar-refractivity contribution in [3.63, 3.8) is 0 Å². The topological polar surface area (TPSA) is 93.8 Å². The van der Waals surface area contributed by atoms with Crippen LogP contribution in [0, 0.1) is 0 Å². The number of hydrogen-bond acceptors (Lipinski definition) is 5. The van der Waals surface area contributed by atoms with Gasteiger partial charge in [-0.15, -0.1) is 0 Å². The zero-order valence-electron chi connectivity index (χ0n) is 17.8. The van der Waals surface area contributed by atoms with E-state index in [2.05, 4.69) is 27.8 Å². The van der Waals surface area contributed by atoms with Crippen LogP contribution in [0.5, 0.6) is 11.5 Å². The molecule has 0 spiro atoms. The number of guanidine groups is 1. The molecule has 160 valence electrons. The number of benzene rings is 2. The van der Waals surface area contributed by atoms with Crippen LogP contribution in [-0.2, 0) is 18.5 Å². The third kappa shape index (κ3) is 4.78. The highest BCUT2D eigenvalue weighted by molar-refractivity contribution is 5.96. The largest absolute Gasteiger partial charge is 0.497 e. The molecule has 2 aromatic carbocycles. The maximum atomic E-state index is 6.91. The van der Waals surface area contributed by atoms with Gasteiger partial charge in [-0.3, -0.25) is 4.99 Å². The first-order chi connectivity index (χ1) is 15.1. The first-order valence-electron chi connectivity index (χ1n) is 10.2. The molecule has 0 saturated carbocycles. The van der Waals surface area contributed by atoms with Gasteiger partial charge in [-0.2, -0.15) is 0 Å². The average molecular weight is 418 g/mol. The Balaban J connectivity index is 1.60. The first-order valence-corrected chi connectivity index (χ1v) is 10.2. The summed E-state index contributed by atoms with van der Waals surface area (Å²) in [4.78, 5) is 9.19. The van der Waals surface area contributed by atoms with Crippen LogP contribution in [0.25, 0.3) is 0 Å². The summed E-state index contributed by atoms with van der Waals surface area (Å²) in [6.45, 7) is 0.630. The molecule has 1 unspecified atom stereocenters. The number of pyridine rings is 1. The number of ether oxygens (including phenoxy) is 2. The molecule has 0 saturated heterocycles. The number of aromatic nitrogens is 1. The van der Waals surface area contributed by atoms with Gasteiger partial charge in [0.25, 0.3) is 0 Å². The molecule has 31 heavy (non-hydrogen) atoms. The summed E-state index contributed by atoms with van der Waals surface area (Å²) in [5, 5.41) is 6.66. The Labute approximate surface area is 182 Å². The van der Waals surface area contributed by atoms with E-state index in [1.165, 1.54) is 5.56 Å². The Morgan fingerprint density at radius 3 is 2.42 bits per heavy atom. The van der Waals surface area contributed by atoms with Crippen molar-refractivity contribution in [2.24, 2.45) is 10.7 Å². The summed E-state index contributed by atoms with van der Waals surface area (Å²) >= 11 is 0. The molecular weight excluding hydrogens is 390 g/mol. The molecule has 2 heterocycles. The fraction of sp³-hybridized carbons (Fsp3) is 0.250. The molecule has 1 aliphatic heterocycles. The van der Waals surface area contributed by atoms with Gasteiger partial charge in [0.15, 0.2) is 5.96 Å². The second-order valence-corrected chi connectivity index (χ2v) is 7.48. The van der Waals surface area contributed by atoms with E-state index in [4.69, 9.17) is 20.2 Å². The van der Waals surface area contributed by atoms with E-state index in [9.17, 15) is 0 Å². The predicted molar refractivity (Wildman–Crippen MR) is 123 cm³/mol. The summed E-state index contributed by atoms with van der Waals surface area (Å²) in [5.41, 5.74) is 9.11. The fourth-order valence-electron chi connectivity index (χ4n) is 3.74. The quantitative estimate of drug-likeness (QED) is 0.547. The van der Waals surface area contributed by atoms with Crippen LogP contribution >= 0.6 is 0 Å². The lowest BCUT2D eigenvalue weighted by Gasteiger charge is -2.38. The minimum atomic E-state index is -0.891. The number of nitrogens with one attached hydrogen (secondary N) is 2. The molecule has 3 aromatic rings. The van der Waals surface area contributed by atoms with Crippen molar-refractivity contribution < 1.29 is 9.47 Å². The minimum absolute atomic E-state index is 0.499. The van der Waals surface area contributed by atoms with E-state index in [-0.39, 0.29) is 0 Å². The fourth-order valence-corrected chi connectivity index (χ4v) is 3.74. The number of hydrogen-bond donors (Lipinski definition) is 3. The van der Waals surface area contributed by atoms with Crippen LogP contribution in [-0.4, -0.2) is 31.7 Å². The molecule has 1 aliphatic rings. The second kappa shape index (κ2) is 9.06. The van der Waals surface area contributed by atoms with Crippen LogP contribution in [0.15, 0.2) is 71.9 Å². The zero-order valence-corrected chi connectivity index (χ0v) is 17.8. The van der Waals surface area contributed by atoms with Gasteiger partial charge in [0.1, 0.15) is 23.0 Å². The van der Waals surface area contributed by atoms with E-state index in [0.717, 1.165) is 29.0 Å². The zero-order chi connectivity index (χ0) is 21.7. The summed E-state index contributed by atoms with van der Waals surface area (Å²) < 4.78 is 10.8. The highest BCUT2D eigenvalue weighted by Gasteiger charge is 2.36. The van der Waals surface area contributed by atoms with Crippen LogP contribution in [0.4, 0.5) is 5.82 Å². The van der Waals surface area contributed by atoms with Crippen LogP contribution < -0.4 is 25.8 Å². The lowest BCUT2D eigenvalue weighted by Crippen LogP contribution is -2.59. The van der Waals surface area contributed by atoms with E-state index in [1.807, 2.05) is 48.5 Å². The van der Waals surface area contributed by atoms with Gasteiger partial charge < -0.3 is 25.8 Å². The minimum Gasteiger partial charge on any atom is -0.497 e. The Bertz CT molecular complexity index is 1050. The van der Waals surface area contributed by atoms with Crippen LogP contribution in [0.1, 0.15) is 16.7 Å². The summed E-state index contributed by atoms with van der Waals surface area (Å²) in [7, 11) is 3.27. The Morgan fingerprint density at radius 1 is 0.968 bits per heavy atom. The third-order valence-corrected chi connectivity index (χ3v) is 5.27. The van der Waals surface area contributed by atoms with Gasteiger partial charge >= 0.3 is 0 Å². The molecule has 7 heteroatoms. The van der Waals surface area contributed by atoms with Crippen molar-refractivity contribution in [3.05, 3.63) is 83.6 Å². The molecule has 0 fully saturated rings. The molecule has 0 bridgehead atoms. The number of rotatable bonds is 7. The van der Waals surface area contributed by atoms with Crippen molar-refractivity contribution >= 4 is 11.8 Å². The number of nitrogens with zero attached hydrogens (tertiary/aromatic N) is 2. The number of anilines is 1. The van der Waals surface area contributed by atoms with Gasteiger partial charge in [0.05, 0.1) is 14.2 Å². The van der Waals surface area contributed by atoms with Gasteiger partial charge in [-0.05, 0) is 35.7 Å². The standard InChI is InChI=1S/C24H27N5O2/c1-30-19-13-18(14-20(15-19)31-2)16-24(25)21-9-6-11-26-22(21)28-23(29-24)27-12-10-17-7-4-3-5-8-17/h3-9,11,13-15H,10,12,16,25H2,1-2H3,(H2,26,27,28,29). The highest BCUT2D eigenvalue weighted by Crippen LogP contribution is 2.32. The summed E-state index contributed by atoms with van der Waals surface area (Å²) in [6.07, 6.45) is 3.08. The smallest absolute Gasteiger partial charge is 0.198 e. The van der Waals surface area contributed by atoms with E-state index in [0.29, 0.717) is 24.7 Å². The third-order valence-electron chi connectivity index (χ3n) is 5.27. The van der Waals surface area contributed by atoms with Crippen molar-refractivity contribution in [2.45, 2.75) is 18.5 Å². The van der Waals surface area contributed by atoms with Crippen LogP contribution in [0.3, 0.4) is 0 Å². The van der Waals surface area contributed by atoms with Gasteiger partial charge in [0, 0.05) is 30.8 Å². The normalized spacial score (nSPS) is 18.6. The van der Waals surface area contributed by atoms with E-state index in [1.54, 1.807) is 20.4 Å². The maximum Gasteiger partial charge on any atom is 0.198 e. The highest BCUT2D eigenvalue weighted by atomic mass is 16.5. The molecular formula is C24H27N5O2. The Morgan fingerprint density at radius 2 is 1.71 bits per heavy atom. The first kappa shape index (κ1) is 20.7. The molecule has 4 rings (SSSR count). The molecule has 0 aliphatic carbocycles. The molecule has 0 radical (unpaired) electrons. The molecule has 1 atom stereocenters. The van der Waals surface area contributed by atoms with Crippen molar-refractivity contribution in [2.75, 3.05) is 26.1 Å². The van der Waals surface area contributed by atoms with Gasteiger partial charge in [0.2, 0.25) is 0 Å². The molecule has 1 aromatic heterocycles. The molecule has 0 amide bonds. The van der Waals surface area contributed by atoms with Crippen LogP contribution in [0.2, 0.25) is 0 Å². The van der Waals surface area contributed by atoms with Gasteiger partial charge in [-0.1, -0.05) is 36.4 Å². The van der Waals surface area contributed by atoms with Crippen molar-refractivity contribution in [3.8, 4) is 11.5 Å². The predicted octanol–water partition coefficient (Wildman–Crippen LogP) is 3.07. The maximum absolute atomic E-state index is 6.91. The molecule has 7 nitrogen and oxygen atoms in total. The number of fused-ring (bicyclic) bond motifs is 1. The summed E-state index contributed by atoms with van der Waals surface area (Å²) in [6, 6.07) is 19.9. The van der Waals surface area contributed by atoms with Gasteiger partial charge in [-0.25, -0.2) is 4.98 Å². The lowest BCUT2D eigenvalue weighted by atomic mass is 9.91. The number of nitrogens with two attached hydrogens (primary N) is 1. The molecule has 4 N–H and O–H groups in total. The average Bonchev–Trinajstić information content (AvgIpc) is 2.79. The number of methoxy groups -OCH3 is 2. The Hall–Kier alpha value is -3.58.